The van der Waals surface area contributed by atoms with E-state index in [1.54, 1.807) is 14.0 Å². The molecule has 0 aromatic heterocycles. The number of aliphatic hydroxyl groups excluding tert-OH is 1. The smallest absolute Gasteiger partial charge is 0.343 e. The third-order valence-electron chi connectivity index (χ3n) is 12.7. The largest absolute Gasteiger partial charge is 0.492 e. The van der Waals surface area contributed by atoms with Crippen LogP contribution in [0.3, 0.4) is 0 Å². The Morgan fingerprint density at radius 2 is 1.86 bits per heavy atom. The number of hydrogen-bond donors (Lipinski definition) is 1. The van der Waals surface area contributed by atoms with Crippen molar-refractivity contribution in [2.75, 3.05) is 18.6 Å². The van der Waals surface area contributed by atoms with Crippen molar-refractivity contribution >= 4 is 27.6 Å². The quantitative estimate of drug-likeness (QED) is 0.199. The van der Waals surface area contributed by atoms with Gasteiger partial charge >= 0.3 is 5.97 Å². The van der Waals surface area contributed by atoms with E-state index in [4.69, 9.17) is 14.2 Å². The van der Waals surface area contributed by atoms with Gasteiger partial charge in [0.15, 0.2) is 11.5 Å². The number of allylic oxidation sites excluding steroid dienone is 1. The van der Waals surface area contributed by atoms with Crippen LogP contribution in [0.1, 0.15) is 78.1 Å². The molecule has 0 radical (unpaired) electrons. The Balaban J connectivity index is 1.19. The third kappa shape index (κ3) is 3.96. The lowest BCUT2D eigenvalue weighted by Crippen LogP contribution is -2.68. The van der Waals surface area contributed by atoms with Gasteiger partial charge in [-0.25, -0.2) is 4.79 Å². The minimum absolute atomic E-state index is 0.00863. The highest BCUT2D eigenvalue weighted by molar-refractivity contribution is 8.76. The number of rotatable bonds is 1. The summed E-state index contributed by atoms with van der Waals surface area (Å²) in [4.78, 5) is 15.3. The van der Waals surface area contributed by atoms with Crippen LogP contribution in [-0.4, -0.2) is 58.3 Å². The maximum atomic E-state index is 12.5. The highest BCUT2D eigenvalue weighted by atomic mass is 33.1. The molecular weight excluding hydrogens is 567 g/mol. The second-order valence-electron chi connectivity index (χ2n) is 14.4. The fourth-order valence-electron chi connectivity index (χ4n) is 10.8. The van der Waals surface area contributed by atoms with E-state index in [2.05, 4.69) is 51.6 Å². The number of carbonyl (C=O) groups is 1. The molecule has 228 valence electrons. The number of ether oxygens (including phenoxy) is 3. The van der Waals surface area contributed by atoms with Gasteiger partial charge in [-0.05, 0) is 81.6 Å². The van der Waals surface area contributed by atoms with Crippen molar-refractivity contribution in [2.45, 2.75) is 102 Å². The fourth-order valence-corrected chi connectivity index (χ4v) is 13.7. The molecule has 8 heteroatoms. The number of hydrogen-bond acceptors (Lipinski definition) is 8. The van der Waals surface area contributed by atoms with Gasteiger partial charge in [0.1, 0.15) is 5.76 Å². The standard InChI is InChI=1S/C34H45NO5S2/c1-19-28-27(39-30(19)31-29(38-3)20(2)32(37)40-31)15-21-9-14-34(28)12-6-7-24-26(36)16-23-22(8-13-33(23)10-4-5-11-33)17-41-42-18-25(21)35(24)34/h9,14-15,19,21-26,28,36H,4-8,10-13,16-18H2,1-3H3. The maximum Gasteiger partial charge on any atom is 0.343 e. The lowest BCUT2D eigenvalue weighted by atomic mass is 9.66. The Morgan fingerprint density at radius 3 is 2.67 bits per heavy atom. The summed E-state index contributed by atoms with van der Waals surface area (Å²) in [6, 6.07) is 0.481. The summed E-state index contributed by atoms with van der Waals surface area (Å²) in [6.07, 6.45) is 19.3. The van der Waals surface area contributed by atoms with Crippen molar-refractivity contribution in [1.82, 2.24) is 4.90 Å². The monoisotopic (exact) mass is 611 g/mol. The Kier molecular flexibility index (Phi) is 6.94. The maximum absolute atomic E-state index is 12.5. The molecule has 5 fully saturated rings. The van der Waals surface area contributed by atoms with Crippen LogP contribution >= 0.6 is 21.6 Å². The number of nitrogens with zero attached hydrogens (tertiary/aromatic N) is 1. The van der Waals surface area contributed by atoms with E-state index < -0.39 is 0 Å². The van der Waals surface area contributed by atoms with Crippen molar-refractivity contribution < 1.29 is 24.1 Å². The molecular formula is C34H45NO5S2. The molecule has 9 unspecified atom stereocenters. The van der Waals surface area contributed by atoms with Crippen molar-refractivity contribution in [1.29, 1.82) is 0 Å². The minimum Gasteiger partial charge on any atom is -0.492 e. The number of aliphatic hydroxyl groups is 1. The lowest BCUT2D eigenvalue weighted by Gasteiger charge is -2.59. The van der Waals surface area contributed by atoms with Crippen LogP contribution in [0.4, 0.5) is 0 Å². The molecule has 9 rings (SSSR count). The zero-order chi connectivity index (χ0) is 28.8. The van der Waals surface area contributed by atoms with Crippen LogP contribution in [0.2, 0.25) is 0 Å². The molecule has 6 aliphatic heterocycles. The molecule has 2 bridgehead atoms. The first-order valence-electron chi connectivity index (χ1n) is 16.4. The molecule has 6 heterocycles. The summed E-state index contributed by atoms with van der Waals surface area (Å²) in [7, 11) is 5.75. The van der Waals surface area contributed by atoms with E-state index in [9.17, 15) is 9.90 Å². The molecule has 3 aliphatic carbocycles. The van der Waals surface area contributed by atoms with Crippen LogP contribution < -0.4 is 0 Å². The first-order chi connectivity index (χ1) is 20.4. The van der Waals surface area contributed by atoms with E-state index in [1.165, 1.54) is 44.3 Å². The van der Waals surface area contributed by atoms with Gasteiger partial charge in [0.25, 0.3) is 0 Å². The number of piperidine rings is 1. The zero-order valence-electron chi connectivity index (χ0n) is 25.2. The van der Waals surface area contributed by atoms with Gasteiger partial charge in [-0.2, -0.15) is 0 Å². The van der Waals surface area contributed by atoms with Gasteiger partial charge in [-0.1, -0.05) is 53.5 Å². The molecule has 9 aliphatic rings. The first-order valence-corrected chi connectivity index (χ1v) is 18.9. The topological polar surface area (TPSA) is 68.2 Å². The van der Waals surface area contributed by atoms with Crippen LogP contribution in [0, 0.1) is 35.0 Å². The first kappa shape index (κ1) is 28.1. The van der Waals surface area contributed by atoms with E-state index in [0.717, 1.165) is 43.1 Å². The molecule has 0 aromatic rings. The number of cyclic esters (lactones) is 1. The van der Waals surface area contributed by atoms with Gasteiger partial charge in [0.2, 0.25) is 5.76 Å². The molecule has 2 spiro atoms. The van der Waals surface area contributed by atoms with Crippen molar-refractivity contribution in [2.24, 2.45) is 35.0 Å². The number of methoxy groups -OCH3 is 1. The number of esters is 1. The average Bonchev–Trinajstić information content (AvgIpc) is 3.70. The highest BCUT2D eigenvalue weighted by Gasteiger charge is 2.62. The molecule has 9 atom stereocenters. The van der Waals surface area contributed by atoms with E-state index in [1.807, 2.05) is 0 Å². The predicted octanol–water partition coefficient (Wildman–Crippen LogP) is 6.74. The highest BCUT2D eigenvalue weighted by Crippen LogP contribution is 2.62. The van der Waals surface area contributed by atoms with Crippen molar-refractivity contribution in [3.05, 3.63) is 46.8 Å². The molecule has 1 N–H and O–H groups in total. The van der Waals surface area contributed by atoms with E-state index >= 15 is 0 Å². The summed E-state index contributed by atoms with van der Waals surface area (Å²) in [5.74, 6) is 6.29. The second-order valence-corrected chi connectivity index (χ2v) is 16.9. The Bertz CT molecular complexity index is 1280. The summed E-state index contributed by atoms with van der Waals surface area (Å²) in [5.41, 5.74) is 0.731. The number of fused-ring (bicyclic) bond motifs is 2. The van der Waals surface area contributed by atoms with E-state index in [0.29, 0.717) is 40.2 Å². The van der Waals surface area contributed by atoms with E-state index in [-0.39, 0.29) is 41.4 Å². The van der Waals surface area contributed by atoms with Crippen molar-refractivity contribution in [3.8, 4) is 0 Å². The molecule has 2 saturated carbocycles. The molecule has 6 nitrogen and oxygen atoms in total. The van der Waals surface area contributed by atoms with Crippen LogP contribution in [-0.2, 0) is 19.0 Å². The molecule has 3 saturated heterocycles. The van der Waals surface area contributed by atoms with Gasteiger partial charge < -0.3 is 19.3 Å². The summed E-state index contributed by atoms with van der Waals surface area (Å²) in [6.45, 7) is 3.98. The van der Waals surface area contributed by atoms with Gasteiger partial charge in [-0.15, -0.1) is 0 Å². The average molecular weight is 612 g/mol. The Labute approximate surface area is 258 Å². The second kappa shape index (κ2) is 10.3. The van der Waals surface area contributed by atoms with Crippen LogP contribution in [0.15, 0.2) is 46.8 Å². The Morgan fingerprint density at radius 1 is 1.05 bits per heavy atom. The van der Waals surface area contributed by atoms with Gasteiger partial charge in [0.05, 0.1) is 24.3 Å². The third-order valence-corrected chi connectivity index (χ3v) is 15.2. The minimum atomic E-state index is -0.362. The summed E-state index contributed by atoms with van der Waals surface area (Å²) in [5, 5.41) is 12.3. The lowest BCUT2D eigenvalue weighted by molar-refractivity contribution is -0.133. The normalized spacial score (nSPS) is 46.0. The molecule has 42 heavy (non-hydrogen) atoms. The SMILES string of the molecule is COC1=C(C)C(=O)OC1=C1OC2=CC3C=CC4(CCCC5C(O)CC6C(CCC67CCCC7)CSSCC3N54)C2C1C. The van der Waals surface area contributed by atoms with Gasteiger partial charge in [-0.3, -0.25) is 4.90 Å². The molecule has 0 amide bonds. The molecule has 0 aromatic carbocycles. The predicted molar refractivity (Wildman–Crippen MR) is 166 cm³/mol. The number of carbonyl (C=O) groups excluding carboxylic acids is 1. The van der Waals surface area contributed by atoms with Crippen LogP contribution in [0.5, 0.6) is 0 Å². The van der Waals surface area contributed by atoms with Crippen LogP contribution in [0.25, 0.3) is 0 Å². The Hall–Kier alpha value is -1.35. The summed E-state index contributed by atoms with van der Waals surface area (Å²) >= 11 is 0. The fraction of sp³-hybridized carbons (Fsp3) is 0.735. The van der Waals surface area contributed by atoms with Crippen molar-refractivity contribution in [3.63, 3.8) is 0 Å². The zero-order valence-corrected chi connectivity index (χ0v) is 26.8. The van der Waals surface area contributed by atoms with Gasteiger partial charge in [0, 0.05) is 41.3 Å². The summed E-state index contributed by atoms with van der Waals surface area (Å²) < 4.78 is 18.1.